The maximum atomic E-state index is 12.0. The third-order valence-corrected chi connectivity index (χ3v) is 4.72. The van der Waals surface area contributed by atoms with E-state index in [1.54, 1.807) is 30.5 Å². The minimum absolute atomic E-state index is 0.150. The molecule has 2 aromatic heterocycles. The zero-order chi connectivity index (χ0) is 17.8. The van der Waals surface area contributed by atoms with Crippen LogP contribution in [0.2, 0.25) is 10.0 Å². The van der Waals surface area contributed by atoms with Crippen molar-refractivity contribution in [3.8, 4) is 11.5 Å². The second kappa shape index (κ2) is 7.95. The number of amides is 1. The highest BCUT2D eigenvalue weighted by Gasteiger charge is 2.14. The Kier molecular flexibility index (Phi) is 5.67. The molecule has 0 saturated carbocycles. The van der Waals surface area contributed by atoms with Crippen molar-refractivity contribution in [2.24, 2.45) is 0 Å². The lowest BCUT2D eigenvalue weighted by Crippen LogP contribution is -2.24. The van der Waals surface area contributed by atoms with Gasteiger partial charge in [-0.15, -0.1) is 10.2 Å². The predicted octanol–water partition coefficient (Wildman–Crippen LogP) is 4.35. The highest BCUT2D eigenvalue weighted by molar-refractivity contribution is 7.99. The van der Waals surface area contributed by atoms with Crippen LogP contribution in [0.25, 0.3) is 11.5 Å². The molecule has 0 fully saturated rings. The molecule has 130 valence electrons. The topological polar surface area (TPSA) is 81.2 Å². The largest absolute Gasteiger partial charge is 0.469 e. The normalized spacial score (nSPS) is 10.8. The second-order valence-electron chi connectivity index (χ2n) is 5.06. The molecule has 0 aliphatic heterocycles. The lowest BCUT2D eigenvalue weighted by atomic mass is 10.2. The first-order valence-electron chi connectivity index (χ1n) is 7.24. The Morgan fingerprint density at radius 2 is 2.12 bits per heavy atom. The average molecular weight is 398 g/mol. The van der Waals surface area contributed by atoms with E-state index in [1.165, 1.54) is 0 Å². The second-order valence-corrected chi connectivity index (χ2v) is 6.83. The van der Waals surface area contributed by atoms with Crippen LogP contribution in [0, 0.1) is 6.92 Å². The molecule has 0 aliphatic carbocycles. The maximum absolute atomic E-state index is 12.0. The van der Waals surface area contributed by atoms with Gasteiger partial charge in [-0.1, -0.05) is 41.0 Å². The van der Waals surface area contributed by atoms with E-state index in [0.29, 0.717) is 33.5 Å². The van der Waals surface area contributed by atoms with E-state index in [-0.39, 0.29) is 11.7 Å². The zero-order valence-corrected chi connectivity index (χ0v) is 15.4. The number of hydrogen-bond acceptors (Lipinski definition) is 6. The number of benzene rings is 1. The van der Waals surface area contributed by atoms with Crippen molar-refractivity contribution in [3.63, 3.8) is 0 Å². The molecule has 1 aromatic carbocycles. The third-order valence-electron chi connectivity index (χ3n) is 3.31. The SMILES string of the molecule is Cc1occc1-c1nnc(SCC(=O)NCc2ccc(Cl)cc2Cl)o1. The first-order valence-corrected chi connectivity index (χ1v) is 8.98. The van der Waals surface area contributed by atoms with Crippen LogP contribution in [0.4, 0.5) is 0 Å². The molecule has 1 amide bonds. The van der Waals surface area contributed by atoms with Gasteiger partial charge in [0.25, 0.3) is 11.1 Å². The number of hydrogen-bond donors (Lipinski definition) is 1. The van der Waals surface area contributed by atoms with Crippen LogP contribution in [-0.2, 0) is 11.3 Å². The average Bonchev–Trinajstić information content (AvgIpc) is 3.20. The fourth-order valence-corrected chi connectivity index (χ4v) is 3.09. The van der Waals surface area contributed by atoms with Gasteiger partial charge < -0.3 is 14.2 Å². The molecule has 0 bridgehead atoms. The molecule has 2 heterocycles. The van der Waals surface area contributed by atoms with Gasteiger partial charge in [-0.05, 0) is 30.7 Å². The number of rotatable bonds is 6. The van der Waals surface area contributed by atoms with Gasteiger partial charge in [0.15, 0.2) is 0 Å². The molecule has 3 aromatic rings. The van der Waals surface area contributed by atoms with Crippen molar-refractivity contribution in [1.82, 2.24) is 15.5 Å². The van der Waals surface area contributed by atoms with Crippen molar-refractivity contribution in [2.75, 3.05) is 5.75 Å². The highest BCUT2D eigenvalue weighted by atomic mass is 35.5. The molecule has 0 saturated heterocycles. The number of carbonyl (C=O) groups excluding carboxylic acids is 1. The predicted molar refractivity (Wildman–Crippen MR) is 95.8 cm³/mol. The van der Waals surface area contributed by atoms with Crippen molar-refractivity contribution < 1.29 is 13.6 Å². The Bertz CT molecular complexity index is 894. The van der Waals surface area contributed by atoms with Gasteiger partial charge in [0.1, 0.15) is 5.76 Å². The Morgan fingerprint density at radius 1 is 1.28 bits per heavy atom. The molecule has 0 radical (unpaired) electrons. The fourth-order valence-electron chi connectivity index (χ4n) is 2.02. The summed E-state index contributed by atoms with van der Waals surface area (Å²) in [5.41, 5.74) is 1.53. The minimum Gasteiger partial charge on any atom is -0.469 e. The Morgan fingerprint density at radius 3 is 2.84 bits per heavy atom. The van der Waals surface area contributed by atoms with Crippen molar-refractivity contribution >= 4 is 40.9 Å². The Labute approximate surface area is 157 Å². The number of aromatic nitrogens is 2. The number of thioether (sulfide) groups is 1. The first-order chi connectivity index (χ1) is 12.0. The van der Waals surface area contributed by atoms with Crippen LogP contribution in [0.15, 0.2) is 44.6 Å². The summed E-state index contributed by atoms with van der Waals surface area (Å²) in [7, 11) is 0. The molecule has 0 unspecified atom stereocenters. The Hall–Kier alpha value is -1.96. The van der Waals surface area contributed by atoms with E-state index in [0.717, 1.165) is 22.9 Å². The van der Waals surface area contributed by atoms with E-state index in [1.807, 2.05) is 6.92 Å². The molecular formula is C16H13Cl2N3O3S. The van der Waals surface area contributed by atoms with Crippen molar-refractivity contribution in [3.05, 3.63) is 51.9 Å². The maximum Gasteiger partial charge on any atom is 0.277 e. The van der Waals surface area contributed by atoms with Gasteiger partial charge in [0.05, 0.1) is 17.6 Å². The summed E-state index contributed by atoms with van der Waals surface area (Å²) in [5, 5.41) is 12.0. The first kappa shape index (κ1) is 17.8. The Balaban J connectivity index is 1.51. The van der Waals surface area contributed by atoms with Gasteiger partial charge in [0.2, 0.25) is 5.91 Å². The van der Waals surface area contributed by atoms with Gasteiger partial charge in [-0.25, -0.2) is 0 Å². The van der Waals surface area contributed by atoms with Crippen LogP contribution in [-0.4, -0.2) is 21.9 Å². The summed E-state index contributed by atoms with van der Waals surface area (Å²) >= 11 is 13.1. The van der Waals surface area contributed by atoms with E-state index < -0.39 is 0 Å². The molecule has 0 aliphatic rings. The molecule has 25 heavy (non-hydrogen) atoms. The van der Waals surface area contributed by atoms with E-state index >= 15 is 0 Å². The summed E-state index contributed by atoms with van der Waals surface area (Å²) in [4.78, 5) is 12.0. The third kappa shape index (κ3) is 4.56. The number of nitrogens with one attached hydrogen (secondary N) is 1. The summed E-state index contributed by atoms with van der Waals surface area (Å²) < 4.78 is 10.7. The van der Waals surface area contributed by atoms with Crippen LogP contribution >= 0.6 is 35.0 Å². The van der Waals surface area contributed by atoms with Crippen molar-refractivity contribution in [2.45, 2.75) is 18.7 Å². The number of carbonyl (C=O) groups is 1. The van der Waals surface area contributed by atoms with Gasteiger partial charge in [-0.2, -0.15) is 0 Å². The minimum atomic E-state index is -0.171. The summed E-state index contributed by atoms with van der Waals surface area (Å²) in [6.07, 6.45) is 1.55. The zero-order valence-electron chi connectivity index (χ0n) is 13.1. The molecule has 0 atom stereocenters. The molecule has 9 heteroatoms. The van der Waals surface area contributed by atoms with Crippen LogP contribution in [0.5, 0.6) is 0 Å². The molecular weight excluding hydrogens is 385 g/mol. The van der Waals surface area contributed by atoms with Gasteiger partial charge in [-0.3, -0.25) is 4.79 Å². The van der Waals surface area contributed by atoms with Crippen LogP contribution < -0.4 is 5.32 Å². The molecule has 0 spiro atoms. The number of aryl methyl sites for hydroxylation is 1. The van der Waals surface area contributed by atoms with Gasteiger partial charge in [0, 0.05) is 16.6 Å². The monoisotopic (exact) mass is 397 g/mol. The lowest BCUT2D eigenvalue weighted by Gasteiger charge is -2.06. The summed E-state index contributed by atoms with van der Waals surface area (Å²) in [6, 6.07) is 6.88. The summed E-state index contributed by atoms with van der Waals surface area (Å²) in [5.74, 6) is 1.03. The molecule has 6 nitrogen and oxygen atoms in total. The number of nitrogens with zero attached hydrogens (tertiary/aromatic N) is 2. The number of furan rings is 1. The van der Waals surface area contributed by atoms with E-state index in [2.05, 4.69) is 15.5 Å². The van der Waals surface area contributed by atoms with E-state index in [4.69, 9.17) is 32.0 Å². The smallest absolute Gasteiger partial charge is 0.277 e. The molecule has 1 N–H and O–H groups in total. The molecule has 3 rings (SSSR count). The lowest BCUT2D eigenvalue weighted by molar-refractivity contribution is -0.118. The van der Waals surface area contributed by atoms with Crippen molar-refractivity contribution in [1.29, 1.82) is 0 Å². The standard InChI is InChI=1S/C16H13Cl2N3O3S/c1-9-12(4-5-23-9)15-20-21-16(24-15)25-8-14(22)19-7-10-2-3-11(17)6-13(10)18/h2-6H,7-8H2,1H3,(H,19,22). The quantitative estimate of drug-likeness (QED) is 0.622. The van der Waals surface area contributed by atoms with Crippen LogP contribution in [0.1, 0.15) is 11.3 Å². The fraction of sp³-hybridized carbons (Fsp3) is 0.188. The highest BCUT2D eigenvalue weighted by Crippen LogP contribution is 2.26. The number of halogens is 2. The van der Waals surface area contributed by atoms with E-state index in [9.17, 15) is 4.79 Å². The van der Waals surface area contributed by atoms with Gasteiger partial charge >= 0.3 is 0 Å². The van der Waals surface area contributed by atoms with Crippen LogP contribution in [0.3, 0.4) is 0 Å². The summed E-state index contributed by atoms with van der Waals surface area (Å²) in [6.45, 7) is 2.13.